The highest BCUT2D eigenvalue weighted by atomic mass is 35.5. The third kappa shape index (κ3) is 2.36. The molecule has 2 rings (SSSR count). The summed E-state index contributed by atoms with van der Waals surface area (Å²) in [5.41, 5.74) is 0.982. The quantitative estimate of drug-likeness (QED) is 0.461. The summed E-state index contributed by atoms with van der Waals surface area (Å²) in [6.45, 7) is 0.469. The van der Waals surface area contributed by atoms with E-state index in [4.69, 9.17) is 22.8 Å². The molecular weight excluding hydrogens is 232 g/mol. The molecule has 0 spiro atoms. The molecule has 0 aromatic carbocycles. The fourth-order valence-electron chi connectivity index (χ4n) is 1.31. The monoisotopic (exact) mass is 240 g/mol. The van der Waals surface area contributed by atoms with Crippen molar-refractivity contribution in [2.75, 3.05) is 12.4 Å². The maximum Gasteiger partial charge on any atom is 0.232 e. The molecule has 15 heavy (non-hydrogen) atoms. The Balaban J connectivity index is 2.19. The van der Waals surface area contributed by atoms with Gasteiger partial charge < -0.3 is 4.74 Å². The van der Waals surface area contributed by atoms with Gasteiger partial charge in [0.25, 0.3) is 0 Å². The summed E-state index contributed by atoms with van der Waals surface area (Å²) in [7, 11) is 0. The van der Waals surface area contributed by atoms with Gasteiger partial charge in [0, 0.05) is 18.6 Å². The van der Waals surface area contributed by atoms with E-state index in [-0.39, 0.29) is 5.28 Å². The Morgan fingerprint density at radius 3 is 3.20 bits per heavy atom. The van der Waals surface area contributed by atoms with E-state index in [1.165, 1.54) is 0 Å². The lowest BCUT2D eigenvalue weighted by atomic mass is 10.3. The molecule has 0 saturated heterocycles. The molecule has 1 aromatic heterocycles. The highest BCUT2D eigenvalue weighted by molar-refractivity contribution is 7.99. The zero-order chi connectivity index (χ0) is 10.7. The van der Waals surface area contributed by atoms with Gasteiger partial charge in [-0.1, -0.05) is 0 Å². The fraction of sp³-hybridized carbons (Fsp3) is 0.400. The van der Waals surface area contributed by atoms with E-state index in [1.807, 2.05) is 0 Å². The predicted molar refractivity (Wildman–Crippen MR) is 60.4 cm³/mol. The molecular formula is C10H9ClN2OS. The van der Waals surface area contributed by atoms with Gasteiger partial charge >= 0.3 is 0 Å². The second-order valence-corrected chi connectivity index (χ2v) is 4.42. The standard InChI is InChI=1S/C10H9ClN2OS/c1-2-3-5-14-9-8-7(4-6-15-8)12-10(11)13-9/h1H,3-6H2. The fourth-order valence-corrected chi connectivity index (χ4v) is 2.53. The van der Waals surface area contributed by atoms with Crippen molar-refractivity contribution >= 4 is 23.4 Å². The van der Waals surface area contributed by atoms with Gasteiger partial charge in [0.1, 0.15) is 6.61 Å². The van der Waals surface area contributed by atoms with Crippen LogP contribution < -0.4 is 4.74 Å². The van der Waals surface area contributed by atoms with E-state index in [9.17, 15) is 0 Å². The molecule has 1 aliphatic rings. The Bertz CT molecular complexity index is 417. The number of rotatable bonds is 3. The van der Waals surface area contributed by atoms with Crippen molar-refractivity contribution in [1.29, 1.82) is 0 Å². The molecule has 0 atom stereocenters. The Kier molecular flexibility index (Phi) is 3.34. The van der Waals surface area contributed by atoms with Gasteiger partial charge in [0.15, 0.2) is 0 Å². The van der Waals surface area contributed by atoms with Crippen molar-refractivity contribution in [3.63, 3.8) is 0 Å². The molecule has 0 saturated carbocycles. The Morgan fingerprint density at radius 1 is 1.53 bits per heavy atom. The topological polar surface area (TPSA) is 35.0 Å². The Morgan fingerprint density at radius 2 is 2.40 bits per heavy atom. The number of nitrogens with zero attached hydrogens (tertiary/aromatic N) is 2. The maximum absolute atomic E-state index is 5.79. The summed E-state index contributed by atoms with van der Waals surface area (Å²) in [6.07, 6.45) is 6.64. The highest BCUT2D eigenvalue weighted by Crippen LogP contribution is 2.37. The Labute approximate surface area is 97.6 Å². The largest absolute Gasteiger partial charge is 0.476 e. The number of aromatic nitrogens is 2. The zero-order valence-electron chi connectivity index (χ0n) is 7.99. The van der Waals surface area contributed by atoms with Gasteiger partial charge in [-0.2, -0.15) is 4.98 Å². The SMILES string of the molecule is C#CCCOc1nc(Cl)nc2c1SCC2. The number of ether oxygens (including phenoxy) is 1. The summed E-state index contributed by atoms with van der Waals surface area (Å²) in [4.78, 5) is 9.23. The van der Waals surface area contributed by atoms with E-state index in [0.717, 1.165) is 22.8 Å². The zero-order valence-corrected chi connectivity index (χ0v) is 9.57. The summed E-state index contributed by atoms with van der Waals surface area (Å²) in [5.74, 6) is 4.09. The van der Waals surface area contributed by atoms with Crippen LogP contribution in [0, 0.1) is 12.3 Å². The minimum atomic E-state index is 0.243. The van der Waals surface area contributed by atoms with Gasteiger partial charge in [-0.05, 0) is 11.6 Å². The molecule has 0 amide bonds. The third-order valence-electron chi connectivity index (χ3n) is 1.95. The second-order valence-electron chi connectivity index (χ2n) is 2.97. The lowest BCUT2D eigenvalue weighted by Gasteiger charge is -2.07. The first-order valence-corrected chi connectivity index (χ1v) is 5.93. The van der Waals surface area contributed by atoms with Crippen LogP contribution in [0.25, 0.3) is 0 Å². The van der Waals surface area contributed by atoms with Crippen molar-refractivity contribution < 1.29 is 4.74 Å². The third-order valence-corrected chi connectivity index (χ3v) is 3.22. The molecule has 78 valence electrons. The smallest absolute Gasteiger partial charge is 0.232 e. The minimum Gasteiger partial charge on any atom is -0.476 e. The Hall–Kier alpha value is -0.920. The average Bonchev–Trinajstić information content (AvgIpc) is 2.65. The number of aryl methyl sites for hydroxylation is 1. The van der Waals surface area contributed by atoms with Crippen LogP contribution in [-0.4, -0.2) is 22.3 Å². The molecule has 0 radical (unpaired) electrons. The molecule has 0 aliphatic carbocycles. The van der Waals surface area contributed by atoms with Crippen molar-refractivity contribution in [3.05, 3.63) is 11.0 Å². The van der Waals surface area contributed by atoms with E-state index in [2.05, 4.69) is 15.9 Å². The van der Waals surface area contributed by atoms with Crippen LogP contribution in [-0.2, 0) is 6.42 Å². The van der Waals surface area contributed by atoms with Gasteiger partial charge in [0.05, 0.1) is 10.6 Å². The first-order valence-electron chi connectivity index (χ1n) is 4.56. The van der Waals surface area contributed by atoms with Gasteiger partial charge in [0.2, 0.25) is 11.2 Å². The first kappa shape index (κ1) is 10.6. The molecule has 0 fully saturated rings. The number of halogens is 1. The molecule has 3 nitrogen and oxygen atoms in total. The van der Waals surface area contributed by atoms with Crippen LogP contribution in [0.15, 0.2) is 4.90 Å². The number of thioether (sulfide) groups is 1. The summed E-state index contributed by atoms with van der Waals surface area (Å²) in [5, 5.41) is 0.243. The normalized spacial score (nSPS) is 13.3. The lowest BCUT2D eigenvalue weighted by Crippen LogP contribution is -2.02. The van der Waals surface area contributed by atoms with Crippen LogP contribution in [0.4, 0.5) is 0 Å². The number of hydrogen-bond donors (Lipinski definition) is 0. The molecule has 1 aromatic rings. The van der Waals surface area contributed by atoms with Crippen molar-refractivity contribution in [2.45, 2.75) is 17.7 Å². The number of fused-ring (bicyclic) bond motifs is 1. The molecule has 5 heteroatoms. The number of hydrogen-bond acceptors (Lipinski definition) is 4. The van der Waals surface area contributed by atoms with Crippen molar-refractivity contribution in [3.8, 4) is 18.2 Å². The van der Waals surface area contributed by atoms with Crippen LogP contribution >= 0.6 is 23.4 Å². The average molecular weight is 241 g/mol. The predicted octanol–water partition coefficient (Wildman–Crippen LogP) is 2.18. The number of terminal acetylenes is 1. The van der Waals surface area contributed by atoms with Crippen LogP contribution in [0.3, 0.4) is 0 Å². The van der Waals surface area contributed by atoms with Gasteiger partial charge in [-0.25, -0.2) is 4.98 Å². The molecule has 1 aliphatic heterocycles. The second kappa shape index (κ2) is 4.73. The van der Waals surface area contributed by atoms with Crippen LogP contribution in [0.5, 0.6) is 5.88 Å². The van der Waals surface area contributed by atoms with E-state index >= 15 is 0 Å². The molecule has 0 N–H and O–H groups in total. The summed E-state index contributed by atoms with van der Waals surface area (Å²) >= 11 is 7.49. The van der Waals surface area contributed by atoms with Gasteiger partial charge in [-0.15, -0.1) is 24.1 Å². The van der Waals surface area contributed by atoms with Crippen molar-refractivity contribution in [1.82, 2.24) is 9.97 Å². The minimum absolute atomic E-state index is 0.243. The highest BCUT2D eigenvalue weighted by Gasteiger charge is 2.20. The summed E-state index contributed by atoms with van der Waals surface area (Å²) < 4.78 is 5.47. The molecule has 2 heterocycles. The van der Waals surface area contributed by atoms with Crippen LogP contribution in [0.2, 0.25) is 5.28 Å². The van der Waals surface area contributed by atoms with E-state index < -0.39 is 0 Å². The van der Waals surface area contributed by atoms with Gasteiger partial charge in [-0.3, -0.25) is 0 Å². The molecule has 0 bridgehead atoms. The molecule has 0 unspecified atom stereocenters. The lowest BCUT2D eigenvalue weighted by molar-refractivity contribution is 0.305. The maximum atomic E-state index is 5.79. The van der Waals surface area contributed by atoms with Crippen LogP contribution in [0.1, 0.15) is 12.1 Å². The van der Waals surface area contributed by atoms with E-state index in [0.29, 0.717) is 18.9 Å². The summed E-state index contributed by atoms with van der Waals surface area (Å²) in [6, 6.07) is 0. The van der Waals surface area contributed by atoms with Crippen molar-refractivity contribution in [2.24, 2.45) is 0 Å². The van der Waals surface area contributed by atoms with E-state index in [1.54, 1.807) is 11.8 Å². The first-order chi connectivity index (χ1) is 7.31.